The van der Waals surface area contributed by atoms with E-state index in [1.54, 1.807) is 13.3 Å². The summed E-state index contributed by atoms with van der Waals surface area (Å²) in [5.74, 6) is 1.34. The van der Waals surface area contributed by atoms with Crippen LogP contribution < -0.4 is 14.9 Å². The Morgan fingerprint density at radius 1 is 1.27 bits per heavy atom. The smallest absolute Gasteiger partial charge is 0.203 e. The van der Waals surface area contributed by atoms with E-state index in [9.17, 15) is 0 Å². The van der Waals surface area contributed by atoms with Crippen LogP contribution in [-0.4, -0.2) is 24.9 Å². The molecule has 3 aromatic rings. The molecule has 0 saturated heterocycles. The van der Waals surface area contributed by atoms with Crippen LogP contribution in [0.3, 0.4) is 0 Å². The highest BCUT2D eigenvalue weighted by molar-refractivity contribution is 9.10. The number of hydrazone groups is 1. The van der Waals surface area contributed by atoms with Crippen LogP contribution in [0, 0.1) is 0 Å². The second kappa shape index (κ2) is 8.82. The van der Waals surface area contributed by atoms with Crippen molar-refractivity contribution < 1.29 is 9.47 Å². The van der Waals surface area contributed by atoms with Gasteiger partial charge >= 0.3 is 0 Å². The molecule has 0 radical (unpaired) electrons. The molecule has 1 heterocycles. The van der Waals surface area contributed by atoms with E-state index < -0.39 is 0 Å². The lowest BCUT2D eigenvalue weighted by atomic mass is 10.2. The van der Waals surface area contributed by atoms with Gasteiger partial charge in [0.2, 0.25) is 5.13 Å². The third-order valence-corrected chi connectivity index (χ3v) is 4.82. The van der Waals surface area contributed by atoms with Crippen molar-refractivity contribution in [2.75, 3.05) is 19.1 Å². The topological polar surface area (TPSA) is 55.7 Å². The van der Waals surface area contributed by atoms with Crippen LogP contribution in [0.5, 0.6) is 11.5 Å². The first-order valence-corrected chi connectivity index (χ1v) is 9.69. The third-order valence-electron chi connectivity index (χ3n) is 3.48. The number of nitrogens with one attached hydrogen (secondary N) is 1. The fourth-order valence-corrected chi connectivity index (χ4v) is 3.64. The van der Waals surface area contributed by atoms with Gasteiger partial charge in [-0.2, -0.15) is 5.10 Å². The second-order valence-corrected chi connectivity index (χ2v) is 6.95. The van der Waals surface area contributed by atoms with E-state index in [2.05, 4.69) is 31.4 Å². The molecular formula is C19H18BrN3O2S. The lowest BCUT2D eigenvalue weighted by Gasteiger charge is -2.11. The molecule has 1 aromatic heterocycles. The first-order valence-electron chi connectivity index (χ1n) is 8.01. The number of methoxy groups -OCH3 is 1. The van der Waals surface area contributed by atoms with Crippen molar-refractivity contribution in [3.63, 3.8) is 0 Å². The maximum atomic E-state index is 5.62. The van der Waals surface area contributed by atoms with Crippen molar-refractivity contribution in [1.82, 2.24) is 4.98 Å². The van der Waals surface area contributed by atoms with Gasteiger partial charge in [0.15, 0.2) is 11.5 Å². The molecular weight excluding hydrogens is 414 g/mol. The van der Waals surface area contributed by atoms with Gasteiger partial charge < -0.3 is 9.47 Å². The Labute approximate surface area is 164 Å². The van der Waals surface area contributed by atoms with Gasteiger partial charge in [-0.25, -0.2) is 4.98 Å². The Balaban J connectivity index is 1.72. The van der Waals surface area contributed by atoms with Gasteiger partial charge in [-0.05, 0) is 40.5 Å². The molecule has 0 spiro atoms. The molecule has 2 aromatic carbocycles. The van der Waals surface area contributed by atoms with E-state index in [0.29, 0.717) is 18.1 Å². The van der Waals surface area contributed by atoms with Crippen LogP contribution in [0.15, 0.2) is 57.4 Å². The van der Waals surface area contributed by atoms with Gasteiger partial charge in [0, 0.05) is 10.9 Å². The lowest BCUT2D eigenvalue weighted by Crippen LogP contribution is -1.98. The summed E-state index contributed by atoms with van der Waals surface area (Å²) < 4.78 is 11.8. The summed E-state index contributed by atoms with van der Waals surface area (Å²) in [6, 6.07) is 13.9. The van der Waals surface area contributed by atoms with Crippen molar-refractivity contribution in [2.24, 2.45) is 5.10 Å². The van der Waals surface area contributed by atoms with E-state index in [1.807, 2.05) is 54.8 Å². The third kappa shape index (κ3) is 4.42. The van der Waals surface area contributed by atoms with E-state index in [1.165, 1.54) is 11.3 Å². The summed E-state index contributed by atoms with van der Waals surface area (Å²) >= 11 is 5.01. The van der Waals surface area contributed by atoms with Crippen LogP contribution >= 0.6 is 27.3 Å². The Morgan fingerprint density at radius 2 is 2.08 bits per heavy atom. The van der Waals surface area contributed by atoms with Crippen molar-refractivity contribution >= 4 is 38.6 Å². The minimum Gasteiger partial charge on any atom is -0.492 e. The van der Waals surface area contributed by atoms with Gasteiger partial charge in [-0.1, -0.05) is 30.3 Å². The predicted molar refractivity (Wildman–Crippen MR) is 111 cm³/mol. The van der Waals surface area contributed by atoms with Crippen LogP contribution in [0.2, 0.25) is 0 Å². The first-order chi connectivity index (χ1) is 12.7. The molecule has 0 bridgehead atoms. The average Bonchev–Trinajstić information content (AvgIpc) is 3.12. The summed E-state index contributed by atoms with van der Waals surface area (Å²) in [7, 11) is 1.62. The summed E-state index contributed by atoms with van der Waals surface area (Å²) in [6.45, 7) is 2.49. The molecule has 26 heavy (non-hydrogen) atoms. The monoisotopic (exact) mass is 431 g/mol. The zero-order valence-corrected chi connectivity index (χ0v) is 16.8. The molecule has 7 heteroatoms. The standard InChI is InChI=1S/C19H18BrN3O2S/c1-3-25-17-10-13(9-15(20)18(17)24-2)11-21-23-19-22-16(12-26-19)14-7-5-4-6-8-14/h4-12H,3H2,1-2H3,(H,22,23)/b21-11-. The predicted octanol–water partition coefficient (Wildman–Crippen LogP) is 5.43. The Hall–Kier alpha value is -2.38. The highest BCUT2D eigenvalue weighted by Crippen LogP contribution is 2.36. The van der Waals surface area contributed by atoms with Crippen LogP contribution in [0.25, 0.3) is 11.3 Å². The van der Waals surface area contributed by atoms with Crippen molar-refractivity contribution in [3.05, 3.63) is 57.9 Å². The fourth-order valence-electron chi connectivity index (χ4n) is 2.35. The number of benzene rings is 2. The number of aromatic nitrogens is 1. The Kier molecular flexibility index (Phi) is 6.25. The molecule has 5 nitrogen and oxygen atoms in total. The number of rotatable bonds is 7. The molecule has 0 aliphatic carbocycles. The maximum absolute atomic E-state index is 5.62. The maximum Gasteiger partial charge on any atom is 0.203 e. The van der Waals surface area contributed by atoms with Gasteiger partial charge in [-0.3, -0.25) is 5.43 Å². The molecule has 0 atom stereocenters. The van der Waals surface area contributed by atoms with Crippen LogP contribution in [0.1, 0.15) is 12.5 Å². The van der Waals surface area contributed by atoms with Crippen LogP contribution in [-0.2, 0) is 0 Å². The molecule has 3 rings (SSSR count). The van der Waals surface area contributed by atoms with Crippen molar-refractivity contribution in [3.8, 4) is 22.8 Å². The van der Waals surface area contributed by atoms with Gasteiger partial charge in [0.1, 0.15) is 0 Å². The summed E-state index contributed by atoms with van der Waals surface area (Å²) in [5, 5.41) is 7.01. The van der Waals surface area contributed by atoms with Crippen molar-refractivity contribution in [1.29, 1.82) is 0 Å². The summed E-state index contributed by atoms with van der Waals surface area (Å²) in [5.41, 5.74) is 5.87. The minimum atomic E-state index is 0.559. The quantitative estimate of drug-likeness (QED) is 0.400. The van der Waals surface area contributed by atoms with E-state index in [0.717, 1.165) is 26.4 Å². The fraction of sp³-hybridized carbons (Fsp3) is 0.158. The van der Waals surface area contributed by atoms with Gasteiger partial charge in [0.05, 0.1) is 30.1 Å². The molecule has 134 valence electrons. The number of thiazole rings is 1. The van der Waals surface area contributed by atoms with Gasteiger partial charge in [0.25, 0.3) is 0 Å². The average molecular weight is 432 g/mol. The molecule has 0 aliphatic heterocycles. The minimum absolute atomic E-state index is 0.559. The number of ether oxygens (including phenoxy) is 2. The van der Waals surface area contributed by atoms with Crippen LogP contribution in [0.4, 0.5) is 5.13 Å². The largest absolute Gasteiger partial charge is 0.492 e. The van der Waals surface area contributed by atoms with E-state index in [4.69, 9.17) is 9.47 Å². The number of nitrogens with zero attached hydrogens (tertiary/aromatic N) is 2. The molecule has 1 N–H and O–H groups in total. The van der Waals surface area contributed by atoms with Crippen molar-refractivity contribution in [2.45, 2.75) is 6.92 Å². The zero-order chi connectivity index (χ0) is 18.4. The number of hydrogen-bond donors (Lipinski definition) is 1. The molecule has 0 fully saturated rings. The Morgan fingerprint density at radius 3 is 2.81 bits per heavy atom. The van der Waals surface area contributed by atoms with Gasteiger partial charge in [-0.15, -0.1) is 11.3 Å². The second-order valence-electron chi connectivity index (χ2n) is 5.24. The summed E-state index contributed by atoms with van der Waals surface area (Å²) in [4.78, 5) is 4.54. The number of anilines is 1. The summed E-state index contributed by atoms with van der Waals surface area (Å²) in [6.07, 6.45) is 1.72. The number of hydrogen-bond acceptors (Lipinski definition) is 6. The Bertz CT molecular complexity index is 897. The first kappa shape index (κ1) is 18.4. The normalized spacial score (nSPS) is 10.9. The van der Waals surface area contributed by atoms with E-state index >= 15 is 0 Å². The molecule has 0 aliphatic rings. The SMILES string of the molecule is CCOc1cc(/C=N\Nc2nc(-c3ccccc3)cs2)cc(Br)c1OC. The highest BCUT2D eigenvalue weighted by Gasteiger charge is 2.10. The lowest BCUT2D eigenvalue weighted by molar-refractivity contribution is 0.310. The molecule has 0 amide bonds. The molecule has 0 unspecified atom stereocenters. The van der Waals surface area contributed by atoms with E-state index in [-0.39, 0.29) is 0 Å². The zero-order valence-electron chi connectivity index (χ0n) is 14.4. The highest BCUT2D eigenvalue weighted by atomic mass is 79.9. The number of halogens is 1. The molecule has 0 saturated carbocycles.